The molecule has 1 rings (SSSR count). The Morgan fingerprint density at radius 1 is 1.37 bits per heavy atom. The van der Waals surface area contributed by atoms with Crippen LogP contribution in [-0.2, 0) is 14.8 Å². The van der Waals surface area contributed by atoms with Gasteiger partial charge < -0.3 is 10.1 Å². The molecule has 0 fully saturated rings. The number of benzene rings is 1. The normalized spacial score (nSPS) is 13.5. The van der Waals surface area contributed by atoms with E-state index in [4.69, 9.17) is 4.74 Å². The van der Waals surface area contributed by atoms with Gasteiger partial charge in [0, 0.05) is 32.4 Å². The van der Waals surface area contributed by atoms with Crippen molar-refractivity contribution in [1.82, 2.24) is 4.31 Å². The van der Waals surface area contributed by atoms with Gasteiger partial charge in [-0.3, -0.25) is 0 Å². The second-order valence-electron chi connectivity index (χ2n) is 4.52. The summed E-state index contributed by atoms with van der Waals surface area (Å²) in [5.74, 6) is 0. The van der Waals surface area contributed by atoms with Crippen molar-refractivity contribution < 1.29 is 13.2 Å². The zero-order valence-electron chi connectivity index (χ0n) is 11.9. The average molecular weight is 286 g/mol. The van der Waals surface area contributed by atoms with Gasteiger partial charge in [0.05, 0.1) is 11.5 Å². The van der Waals surface area contributed by atoms with Crippen LogP contribution in [0.15, 0.2) is 29.2 Å². The molecule has 6 heteroatoms. The van der Waals surface area contributed by atoms with Crippen molar-refractivity contribution in [1.29, 1.82) is 0 Å². The Labute approximate surface area is 115 Å². The topological polar surface area (TPSA) is 58.6 Å². The van der Waals surface area contributed by atoms with Gasteiger partial charge in [0.15, 0.2) is 0 Å². The second kappa shape index (κ2) is 6.88. The molecule has 0 spiro atoms. The molecule has 19 heavy (non-hydrogen) atoms. The summed E-state index contributed by atoms with van der Waals surface area (Å²) in [6, 6.07) is 6.92. The van der Waals surface area contributed by atoms with Crippen molar-refractivity contribution in [3.05, 3.63) is 24.3 Å². The number of ether oxygens (including phenoxy) is 1. The number of nitrogens with one attached hydrogen (secondary N) is 1. The van der Waals surface area contributed by atoms with Gasteiger partial charge in [0.2, 0.25) is 10.0 Å². The fraction of sp³-hybridized carbons (Fsp3) is 0.538. The summed E-state index contributed by atoms with van der Waals surface area (Å²) in [4.78, 5) is 0.283. The van der Waals surface area contributed by atoms with E-state index in [-0.39, 0.29) is 10.9 Å². The maximum Gasteiger partial charge on any atom is 0.242 e. The Morgan fingerprint density at radius 3 is 2.63 bits per heavy atom. The summed E-state index contributed by atoms with van der Waals surface area (Å²) < 4.78 is 30.5. The molecular weight excluding hydrogens is 264 g/mol. The highest BCUT2D eigenvalue weighted by Gasteiger charge is 2.17. The lowest BCUT2D eigenvalue weighted by Gasteiger charge is -2.17. The van der Waals surface area contributed by atoms with Crippen LogP contribution in [0.3, 0.4) is 0 Å². The first-order valence-corrected chi connectivity index (χ1v) is 7.68. The summed E-state index contributed by atoms with van der Waals surface area (Å²) in [6.45, 7) is 5.18. The molecule has 0 aliphatic carbocycles. The summed E-state index contributed by atoms with van der Waals surface area (Å²) in [5.41, 5.74) is 0.773. The molecule has 0 radical (unpaired) electrons. The molecule has 108 valence electrons. The van der Waals surface area contributed by atoms with Crippen molar-refractivity contribution in [2.24, 2.45) is 0 Å². The number of nitrogens with zero attached hydrogens (tertiary/aromatic N) is 1. The van der Waals surface area contributed by atoms with E-state index < -0.39 is 10.0 Å². The van der Waals surface area contributed by atoms with Crippen LogP contribution < -0.4 is 5.32 Å². The van der Waals surface area contributed by atoms with E-state index in [9.17, 15) is 8.42 Å². The maximum atomic E-state index is 12.0. The van der Waals surface area contributed by atoms with Crippen LogP contribution >= 0.6 is 0 Å². The Morgan fingerprint density at radius 2 is 2.05 bits per heavy atom. The van der Waals surface area contributed by atoms with E-state index in [1.807, 2.05) is 19.9 Å². The monoisotopic (exact) mass is 286 g/mol. The summed E-state index contributed by atoms with van der Waals surface area (Å²) in [7, 11) is -0.348. The Kier molecular flexibility index (Phi) is 5.78. The predicted octanol–water partition coefficient (Wildman–Crippen LogP) is 1.77. The second-order valence-corrected chi connectivity index (χ2v) is 6.67. The zero-order valence-corrected chi connectivity index (χ0v) is 12.7. The van der Waals surface area contributed by atoms with Crippen molar-refractivity contribution in [2.45, 2.75) is 24.8 Å². The molecule has 1 aromatic rings. The van der Waals surface area contributed by atoms with Crippen LogP contribution in [0.4, 0.5) is 5.69 Å². The van der Waals surface area contributed by atoms with E-state index in [0.717, 1.165) is 5.69 Å². The lowest BCUT2D eigenvalue weighted by molar-refractivity contribution is 0.141. The number of sulfonamides is 1. The molecule has 0 saturated carbocycles. The van der Waals surface area contributed by atoms with Gasteiger partial charge in [-0.25, -0.2) is 12.7 Å². The zero-order chi connectivity index (χ0) is 14.5. The summed E-state index contributed by atoms with van der Waals surface area (Å²) in [5, 5.41) is 3.22. The van der Waals surface area contributed by atoms with Crippen molar-refractivity contribution in [3.63, 3.8) is 0 Å². The van der Waals surface area contributed by atoms with E-state index in [2.05, 4.69) is 5.32 Å². The Hall–Kier alpha value is -1.11. The molecule has 1 aromatic carbocycles. The van der Waals surface area contributed by atoms with Crippen molar-refractivity contribution in [3.8, 4) is 0 Å². The minimum Gasteiger partial charge on any atom is -0.380 e. The molecule has 0 amide bonds. The largest absolute Gasteiger partial charge is 0.380 e. The van der Waals surface area contributed by atoms with Gasteiger partial charge in [-0.05, 0) is 32.0 Å². The highest BCUT2D eigenvalue weighted by molar-refractivity contribution is 7.89. The average Bonchev–Trinajstić information content (AvgIpc) is 2.36. The maximum absolute atomic E-state index is 12.0. The highest BCUT2D eigenvalue weighted by Crippen LogP contribution is 2.18. The number of rotatable bonds is 7. The molecule has 1 N–H and O–H groups in total. The van der Waals surface area contributed by atoms with Crippen molar-refractivity contribution >= 4 is 15.7 Å². The van der Waals surface area contributed by atoms with Crippen LogP contribution in [0.2, 0.25) is 0 Å². The van der Waals surface area contributed by atoms with Gasteiger partial charge in [0.25, 0.3) is 0 Å². The van der Waals surface area contributed by atoms with Crippen LogP contribution in [0, 0.1) is 0 Å². The van der Waals surface area contributed by atoms with E-state index in [1.165, 1.54) is 18.4 Å². The van der Waals surface area contributed by atoms with Gasteiger partial charge in [-0.15, -0.1) is 0 Å². The van der Waals surface area contributed by atoms with Gasteiger partial charge >= 0.3 is 0 Å². The lowest BCUT2D eigenvalue weighted by Crippen LogP contribution is -2.23. The number of anilines is 1. The molecule has 0 aliphatic heterocycles. The third-order valence-electron chi connectivity index (χ3n) is 2.60. The van der Waals surface area contributed by atoms with Crippen LogP contribution in [-0.4, -0.2) is 46.1 Å². The molecule has 0 saturated heterocycles. The first-order valence-electron chi connectivity index (χ1n) is 6.24. The SMILES string of the molecule is CCOCC(C)Nc1cccc(S(=O)(=O)N(C)C)c1. The quantitative estimate of drug-likeness (QED) is 0.830. The standard InChI is InChI=1S/C13H22N2O3S/c1-5-18-10-11(2)14-12-7-6-8-13(9-12)19(16,17)15(3)4/h6-9,11,14H,5,10H2,1-4H3. The van der Waals surface area contributed by atoms with Crippen LogP contribution in [0.5, 0.6) is 0 Å². The molecular formula is C13H22N2O3S. The summed E-state index contributed by atoms with van der Waals surface area (Å²) >= 11 is 0. The molecule has 0 aliphatic rings. The van der Waals surface area contributed by atoms with E-state index >= 15 is 0 Å². The van der Waals surface area contributed by atoms with E-state index in [1.54, 1.807) is 18.2 Å². The minimum absolute atomic E-state index is 0.122. The van der Waals surface area contributed by atoms with E-state index in [0.29, 0.717) is 13.2 Å². The molecule has 0 heterocycles. The predicted molar refractivity (Wildman–Crippen MR) is 76.9 cm³/mol. The number of hydrogen-bond acceptors (Lipinski definition) is 4. The van der Waals surface area contributed by atoms with Gasteiger partial charge in [-0.1, -0.05) is 6.07 Å². The third kappa shape index (κ3) is 4.49. The van der Waals surface area contributed by atoms with Gasteiger partial charge in [0.1, 0.15) is 0 Å². The van der Waals surface area contributed by atoms with Crippen molar-refractivity contribution in [2.75, 3.05) is 32.6 Å². The fourth-order valence-electron chi connectivity index (χ4n) is 1.58. The highest BCUT2D eigenvalue weighted by atomic mass is 32.2. The summed E-state index contributed by atoms with van der Waals surface area (Å²) in [6.07, 6.45) is 0. The number of hydrogen-bond donors (Lipinski definition) is 1. The Balaban J connectivity index is 2.84. The van der Waals surface area contributed by atoms with Crippen LogP contribution in [0.25, 0.3) is 0 Å². The lowest BCUT2D eigenvalue weighted by atomic mass is 10.3. The molecule has 1 atom stereocenters. The molecule has 5 nitrogen and oxygen atoms in total. The third-order valence-corrected chi connectivity index (χ3v) is 4.41. The molecule has 0 aromatic heterocycles. The molecule has 1 unspecified atom stereocenters. The minimum atomic E-state index is -3.39. The first kappa shape index (κ1) is 15.9. The van der Waals surface area contributed by atoms with Gasteiger partial charge in [-0.2, -0.15) is 0 Å². The fourth-order valence-corrected chi connectivity index (χ4v) is 2.53. The Bertz CT molecular complexity index is 500. The smallest absolute Gasteiger partial charge is 0.242 e. The first-order chi connectivity index (χ1) is 8.87. The van der Waals surface area contributed by atoms with Crippen LogP contribution in [0.1, 0.15) is 13.8 Å². The molecule has 0 bridgehead atoms.